The number of hydrogen-bond donors (Lipinski definition) is 3. The van der Waals surface area contributed by atoms with E-state index in [-0.39, 0.29) is 5.84 Å². The topological polar surface area (TPSA) is 123 Å². The molecule has 1 amide bonds. The highest BCUT2D eigenvalue weighted by atomic mass is 32.2. The van der Waals surface area contributed by atoms with Crippen LogP contribution in [0.25, 0.3) is 0 Å². The van der Waals surface area contributed by atoms with E-state index in [1.54, 1.807) is 24.3 Å². The number of nitrogens with two attached hydrogens (primary N) is 1. The number of amides is 1. The van der Waals surface area contributed by atoms with E-state index in [4.69, 9.17) is 10.6 Å². The van der Waals surface area contributed by atoms with Gasteiger partial charge >= 0.3 is 6.09 Å². The fraction of sp³-hybridized carbons (Fsp3) is 0.125. The summed E-state index contributed by atoms with van der Waals surface area (Å²) in [6.07, 6.45) is 0.277. The molecule has 0 aliphatic rings. The van der Waals surface area contributed by atoms with Gasteiger partial charge in [0.15, 0.2) is 5.84 Å². The van der Waals surface area contributed by atoms with Gasteiger partial charge in [0.1, 0.15) is 0 Å². The van der Waals surface area contributed by atoms with Crippen LogP contribution >= 0.6 is 0 Å². The molecule has 0 fully saturated rings. The lowest BCUT2D eigenvalue weighted by molar-refractivity contribution is 0.166. The van der Waals surface area contributed by atoms with Crippen molar-refractivity contribution in [1.82, 2.24) is 0 Å². The van der Waals surface area contributed by atoms with Crippen LogP contribution in [0.5, 0.6) is 0 Å². The number of benzene rings is 2. The minimum atomic E-state index is -3.35. The van der Waals surface area contributed by atoms with Crippen LogP contribution in [-0.4, -0.2) is 26.6 Å². The molecular weight excluding hydrogens is 344 g/mol. The summed E-state index contributed by atoms with van der Waals surface area (Å²) in [7, 11) is -3.35. The van der Waals surface area contributed by atoms with Crippen molar-refractivity contribution in [3.05, 3.63) is 59.7 Å². The van der Waals surface area contributed by atoms with Gasteiger partial charge in [0.2, 0.25) is 10.0 Å². The number of carbonyl (C=O) groups excluding carboxylic acids is 1. The quantitative estimate of drug-likeness (QED) is 0.326. The Labute approximate surface area is 145 Å². The number of amidine groups is 1. The molecule has 0 atom stereocenters. The van der Waals surface area contributed by atoms with Gasteiger partial charge in [-0.15, -0.1) is 0 Å². The van der Waals surface area contributed by atoms with E-state index in [2.05, 4.69) is 15.2 Å². The van der Waals surface area contributed by atoms with Crippen LogP contribution in [0.2, 0.25) is 0 Å². The third kappa shape index (κ3) is 6.15. The van der Waals surface area contributed by atoms with E-state index in [0.29, 0.717) is 16.9 Å². The zero-order valence-electron chi connectivity index (χ0n) is 13.7. The summed E-state index contributed by atoms with van der Waals surface area (Å²) in [5.74, 6) is -0.0232. The highest BCUT2D eigenvalue weighted by Crippen LogP contribution is 2.11. The molecule has 0 heterocycles. The summed E-state index contributed by atoms with van der Waals surface area (Å²) >= 11 is 0. The molecule has 132 valence electrons. The lowest BCUT2D eigenvalue weighted by atomic mass is 10.2. The third-order valence-corrected chi connectivity index (χ3v) is 3.62. The van der Waals surface area contributed by atoms with E-state index in [9.17, 15) is 13.2 Å². The Morgan fingerprint density at radius 2 is 1.60 bits per heavy atom. The Morgan fingerprint density at radius 3 is 2.16 bits per heavy atom. The Bertz CT molecular complexity index is 875. The smallest absolute Gasteiger partial charge is 0.380 e. The number of carbonyl (C=O) groups is 1. The van der Waals surface area contributed by atoms with Crippen molar-refractivity contribution in [3.63, 3.8) is 0 Å². The number of nitrogens with zero attached hydrogens (tertiary/aromatic N) is 1. The molecule has 8 nitrogen and oxygen atoms in total. The molecule has 0 aliphatic carbocycles. The molecule has 4 N–H and O–H groups in total. The lowest BCUT2D eigenvalue weighted by Crippen LogP contribution is -2.17. The normalized spacial score (nSPS) is 11.7. The van der Waals surface area contributed by atoms with Gasteiger partial charge in [-0.05, 0) is 43.3 Å². The molecular formula is C16H18N4O4S. The number of anilines is 2. The largest absolute Gasteiger partial charge is 0.437 e. The molecule has 0 radical (unpaired) electrons. The molecule has 0 spiro atoms. The average Bonchev–Trinajstić information content (AvgIpc) is 2.54. The van der Waals surface area contributed by atoms with Crippen LogP contribution < -0.4 is 15.8 Å². The zero-order valence-corrected chi connectivity index (χ0v) is 14.5. The SMILES string of the molecule is Cc1ccc(NC(=O)O/N=C(/N)c2ccc(NS(C)(=O)=O)cc2)cc1. The fourth-order valence-electron chi connectivity index (χ4n) is 1.84. The van der Waals surface area contributed by atoms with E-state index in [1.165, 1.54) is 12.1 Å². The van der Waals surface area contributed by atoms with Crippen LogP contribution in [0, 0.1) is 6.92 Å². The molecule has 0 saturated carbocycles. The molecule has 0 saturated heterocycles. The number of rotatable bonds is 5. The van der Waals surface area contributed by atoms with Gasteiger partial charge in [0.25, 0.3) is 0 Å². The molecule has 0 aromatic heterocycles. The first kappa shape index (κ1) is 18.3. The zero-order chi connectivity index (χ0) is 18.4. The lowest BCUT2D eigenvalue weighted by Gasteiger charge is -2.06. The summed E-state index contributed by atoms with van der Waals surface area (Å²) in [4.78, 5) is 16.4. The predicted octanol–water partition coefficient (Wildman–Crippen LogP) is 2.24. The monoisotopic (exact) mass is 362 g/mol. The maximum atomic E-state index is 11.7. The highest BCUT2D eigenvalue weighted by Gasteiger charge is 2.06. The second kappa shape index (κ2) is 7.67. The number of nitrogens with one attached hydrogen (secondary N) is 2. The van der Waals surface area contributed by atoms with Gasteiger partial charge in [-0.3, -0.25) is 14.9 Å². The summed E-state index contributed by atoms with van der Waals surface area (Å²) < 4.78 is 24.6. The van der Waals surface area contributed by atoms with Crippen LogP contribution in [0.3, 0.4) is 0 Å². The second-order valence-corrected chi connectivity index (χ2v) is 7.05. The van der Waals surface area contributed by atoms with Gasteiger partial charge in [0, 0.05) is 16.9 Å². The van der Waals surface area contributed by atoms with Crippen molar-refractivity contribution in [1.29, 1.82) is 0 Å². The van der Waals surface area contributed by atoms with E-state index >= 15 is 0 Å². The van der Waals surface area contributed by atoms with Crippen molar-refractivity contribution < 1.29 is 18.0 Å². The highest BCUT2D eigenvalue weighted by molar-refractivity contribution is 7.92. The molecule has 0 unspecified atom stereocenters. The van der Waals surface area contributed by atoms with Crippen molar-refractivity contribution in [2.24, 2.45) is 10.9 Å². The van der Waals surface area contributed by atoms with Crippen LogP contribution in [0.1, 0.15) is 11.1 Å². The molecule has 2 aromatic carbocycles. The number of hydrogen-bond acceptors (Lipinski definition) is 5. The molecule has 0 aliphatic heterocycles. The molecule has 0 bridgehead atoms. The summed E-state index contributed by atoms with van der Waals surface area (Å²) in [6, 6.07) is 13.3. The average molecular weight is 362 g/mol. The van der Waals surface area contributed by atoms with Gasteiger partial charge in [-0.1, -0.05) is 22.9 Å². The number of oxime groups is 1. The van der Waals surface area contributed by atoms with Crippen molar-refractivity contribution in [2.75, 3.05) is 16.3 Å². The summed E-state index contributed by atoms with van der Waals surface area (Å²) in [6.45, 7) is 1.93. The minimum absolute atomic E-state index is 0.0232. The maximum absolute atomic E-state index is 11.7. The summed E-state index contributed by atoms with van der Waals surface area (Å²) in [5.41, 5.74) is 8.24. The van der Waals surface area contributed by atoms with Crippen LogP contribution in [0.4, 0.5) is 16.2 Å². The Morgan fingerprint density at radius 1 is 1.04 bits per heavy atom. The Hall–Kier alpha value is -3.07. The first-order chi connectivity index (χ1) is 11.7. The Balaban J connectivity index is 1.96. The molecule has 9 heteroatoms. The van der Waals surface area contributed by atoms with E-state index in [0.717, 1.165) is 11.8 Å². The van der Waals surface area contributed by atoms with Crippen molar-refractivity contribution in [3.8, 4) is 0 Å². The van der Waals surface area contributed by atoms with Crippen molar-refractivity contribution in [2.45, 2.75) is 6.92 Å². The fourth-order valence-corrected chi connectivity index (χ4v) is 2.41. The first-order valence-electron chi connectivity index (χ1n) is 7.19. The predicted molar refractivity (Wildman–Crippen MR) is 96.9 cm³/mol. The van der Waals surface area contributed by atoms with Crippen LogP contribution in [-0.2, 0) is 14.9 Å². The Kier molecular flexibility index (Phi) is 5.60. The standard InChI is InChI=1S/C16H18N4O4S/c1-11-3-7-13(8-4-11)18-16(21)24-19-15(17)12-5-9-14(10-6-12)20-25(2,22)23/h3-10,20H,1-2H3,(H2,17,19)(H,18,21). The van der Waals surface area contributed by atoms with E-state index < -0.39 is 16.1 Å². The minimum Gasteiger partial charge on any atom is -0.380 e. The van der Waals surface area contributed by atoms with Gasteiger partial charge in [-0.2, -0.15) is 0 Å². The first-order valence-corrected chi connectivity index (χ1v) is 9.08. The van der Waals surface area contributed by atoms with Gasteiger partial charge in [0.05, 0.1) is 6.26 Å². The number of aryl methyl sites for hydroxylation is 1. The van der Waals surface area contributed by atoms with Gasteiger partial charge < -0.3 is 5.73 Å². The number of sulfonamides is 1. The maximum Gasteiger partial charge on any atom is 0.437 e. The van der Waals surface area contributed by atoms with Gasteiger partial charge in [-0.25, -0.2) is 13.2 Å². The molecule has 2 rings (SSSR count). The summed E-state index contributed by atoms with van der Waals surface area (Å²) in [5, 5.41) is 6.07. The molecule has 2 aromatic rings. The van der Waals surface area contributed by atoms with Crippen molar-refractivity contribution >= 4 is 33.3 Å². The van der Waals surface area contributed by atoms with E-state index in [1.807, 2.05) is 19.1 Å². The third-order valence-electron chi connectivity index (χ3n) is 3.01. The second-order valence-electron chi connectivity index (χ2n) is 5.30. The molecule has 25 heavy (non-hydrogen) atoms. The van der Waals surface area contributed by atoms with Crippen LogP contribution in [0.15, 0.2) is 53.7 Å².